The van der Waals surface area contributed by atoms with Gasteiger partial charge in [0.15, 0.2) is 0 Å². The molecule has 0 amide bonds. The van der Waals surface area contributed by atoms with Crippen molar-refractivity contribution < 1.29 is 4.39 Å². The van der Waals surface area contributed by atoms with E-state index in [1.54, 1.807) is 24.2 Å². The van der Waals surface area contributed by atoms with E-state index in [1.807, 2.05) is 0 Å². The van der Waals surface area contributed by atoms with E-state index in [4.69, 9.17) is 0 Å². The smallest absolute Gasteiger partial charge is 0.223 e. The number of anilines is 1. The average Bonchev–Trinajstić information content (AvgIpc) is 2.52. The first-order chi connectivity index (χ1) is 10.2. The Morgan fingerprint density at radius 2 is 2.14 bits per heavy atom. The first-order valence-corrected chi connectivity index (χ1v) is 8.81. The van der Waals surface area contributed by atoms with Gasteiger partial charge in [-0.15, -0.1) is 0 Å². The van der Waals surface area contributed by atoms with Crippen LogP contribution in [-0.2, 0) is 0 Å². The van der Waals surface area contributed by atoms with Crippen molar-refractivity contribution in [2.45, 2.75) is 18.9 Å². The number of hydrogen-bond donors (Lipinski definition) is 1. The standard InChI is InChI=1S/C14H16BrFN4S/c1-21-20-6-4-10(5-7-20)18-14-17-8-9-2-3-11(16)12(15)13(9)19-14/h2-3,8,10H,4-7H2,1H3,(H,17,18,19). The van der Waals surface area contributed by atoms with E-state index >= 15 is 0 Å². The van der Waals surface area contributed by atoms with Gasteiger partial charge in [-0.25, -0.2) is 14.4 Å². The molecule has 21 heavy (non-hydrogen) atoms. The molecule has 1 fully saturated rings. The zero-order chi connectivity index (χ0) is 14.8. The predicted molar refractivity (Wildman–Crippen MR) is 88.9 cm³/mol. The number of nitrogens with one attached hydrogen (secondary N) is 1. The normalized spacial score (nSPS) is 17.3. The van der Waals surface area contributed by atoms with Crippen molar-refractivity contribution >= 4 is 44.7 Å². The number of halogens is 2. The van der Waals surface area contributed by atoms with E-state index in [9.17, 15) is 4.39 Å². The van der Waals surface area contributed by atoms with Gasteiger partial charge in [-0.3, -0.25) is 4.31 Å². The lowest BCUT2D eigenvalue weighted by Gasteiger charge is -2.30. The highest BCUT2D eigenvalue weighted by molar-refractivity contribution is 9.10. The maximum atomic E-state index is 13.6. The summed E-state index contributed by atoms with van der Waals surface area (Å²) < 4.78 is 16.3. The molecular formula is C14H16BrFN4S. The quantitative estimate of drug-likeness (QED) is 0.834. The number of benzene rings is 1. The topological polar surface area (TPSA) is 41.0 Å². The fourth-order valence-electron chi connectivity index (χ4n) is 2.47. The highest BCUT2D eigenvalue weighted by Gasteiger charge is 2.19. The minimum absolute atomic E-state index is 0.305. The van der Waals surface area contributed by atoms with Crippen LogP contribution in [0.4, 0.5) is 10.3 Å². The third-order valence-corrected chi connectivity index (χ3v) is 5.33. The Balaban J connectivity index is 1.77. The van der Waals surface area contributed by atoms with Crippen molar-refractivity contribution in [1.82, 2.24) is 14.3 Å². The molecule has 2 heterocycles. The van der Waals surface area contributed by atoms with Gasteiger partial charge >= 0.3 is 0 Å². The van der Waals surface area contributed by atoms with Crippen LogP contribution in [0.15, 0.2) is 22.8 Å². The molecule has 0 bridgehead atoms. The van der Waals surface area contributed by atoms with E-state index in [0.717, 1.165) is 31.3 Å². The molecule has 4 nitrogen and oxygen atoms in total. The lowest BCUT2D eigenvalue weighted by molar-refractivity contribution is 0.358. The molecule has 1 aliphatic heterocycles. The van der Waals surface area contributed by atoms with Crippen molar-refractivity contribution in [1.29, 1.82) is 0 Å². The fourth-order valence-corrected chi connectivity index (χ4v) is 3.50. The van der Waals surface area contributed by atoms with Crippen LogP contribution >= 0.6 is 27.9 Å². The zero-order valence-corrected chi connectivity index (χ0v) is 14.0. The zero-order valence-electron chi connectivity index (χ0n) is 11.6. The average molecular weight is 371 g/mol. The van der Waals surface area contributed by atoms with Gasteiger partial charge in [-0.2, -0.15) is 0 Å². The summed E-state index contributed by atoms with van der Waals surface area (Å²) >= 11 is 5.04. The van der Waals surface area contributed by atoms with Gasteiger partial charge in [-0.05, 0) is 47.2 Å². The van der Waals surface area contributed by atoms with E-state index in [1.165, 1.54) is 6.07 Å². The SMILES string of the molecule is CSN1CCC(Nc2ncc3ccc(F)c(Br)c3n2)CC1. The van der Waals surface area contributed by atoms with E-state index in [2.05, 4.69) is 41.8 Å². The van der Waals surface area contributed by atoms with Gasteiger partial charge in [-0.1, -0.05) is 11.9 Å². The Bertz CT molecular complexity index is 646. The van der Waals surface area contributed by atoms with Crippen LogP contribution in [0.1, 0.15) is 12.8 Å². The Hall–Kier alpha value is -0.920. The van der Waals surface area contributed by atoms with E-state index < -0.39 is 0 Å². The Morgan fingerprint density at radius 3 is 2.86 bits per heavy atom. The number of hydrogen-bond acceptors (Lipinski definition) is 5. The van der Waals surface area contributed by atoms with Gasteiger partial charge in [0.1, 0.15) is 5.82 Å². The van der Waals surface area contributed by atoms with Gasteiger partial charge in [0.2, 0.25) is 5.95 Å². The van der Waals surface area contributed by atoms with Gasteiger partial charge in [0.25, 0.3) is 0 Å². The highest BCUT2D eigenvalue weighted by Crippen LogP contribution is 2.26. The minimum atomic E-state index is -0.305. The third-order valence-electron chi connectivity index (χ3n) is 3.69. The van der Waals surface area contributed by atoms with Gasteiger partial charge in [0, 0.05) is 30.7 Å². The van der Waals surface area contributed by atoms with Gasteiger partial charge in [0.05, 0.1) is 9.99 Å². The monoisotopic (exact) mass is 370 g/mol. The van der Waals surface area contributed by atoms with Crippen LogP contribution in [0.25, 0.3) is 10.9 Å². The molecule has 0 radical (unpaired) electrons. The van der Waals surface area contributed by atoms with Gasteiger partial charge < -0.3 is 5.32 Å². The summed E-state index contributed by atoms with van der Waals surface area (Å²) in [5.41, 5.74) is 0.606. The van der Waals surface area contributed by atoms with Crippen molar-refractivity contribution in [3.8, 4) is 0 Å². The van der Waals surface area contributed by atoms with Crippen molar-refractivity contribution in [3.05, 3.63) is 28.6 Å². The number of aromatic nitrogens is 2. The first kappa shape index (κ1) is 15.0. The summed E-state index contributed by atoms with van der Waals surface area (Å²) in [4.78, 5) is 8.77. The largest absolute Gasteiger partial charge is 0.351 e. The highest BCUT2D eigenvalue weighted by atomic mass is 79.9. The molecule has 2 aromatic rings. The van der Waals surface area contributed by atoms with E-state index in [0.29, 0.717) is 22.0 Å². The lowest BCUT2D eigenvalue weighted by atomic mass is 10.1. The van der Waals surface area contributed by atoms with Crippen molar-refractivity contribution in [2.75, 3.05) is 24.7 Å². The van der Waals surface area contributed by atoms with Crippen LogP contribution < -0.4 is 5.32 Å². The van der Waals surface area contributed by atoms with Crippen molar-refractivity contribution in [3.63, 3.8) is 0 Å². The molecule has 1 aliphatic rings. The molecule has 112 valence electrons. The summed E-state index contributed by atoms with van der Waals surface area (Å²) in [6.45, 7) is 2.12. The Kier molecular flexibility index (Phi) is 4.61. The van der Waals surface area contributed by atoms with Crippen LogP contribution in [0.5, 0.6) is 0 Å². The maximum absolute atomic E-state index is 13.6. The van der Waals surface area contributed by atoms with E-state index in [-0.39, 0.29) is 5.82 Å². The minimum Gasteiger partial charge on any atom is -0.351 e. The number of rotatable bonds is 3. The second kappa shape index (κ2) is 6.46. The lowest BCUT2D eigenvalue weighted by Crippen LogP contribution is -2.35. The van der Waals surface area contributed by atoms with Crippen LogP contribution in [0, 0.1) is 5.82 Å². The number of piperidine rings is 1. The molecule has 7 heteroatoms. The third kappa shape index (κ3) is 3.30. The number of nitrogens with zero attached hydrogens (tertiary/aromatic N) is 3. The molecule has 0 unspecified atom stereocenters. The summed E-state index contributed by atoms with van der Waals surface area (Å²) in [6.07, 6.45) is 5.96. The molecular weight excluding hydrogens is 355 g/mol. The molecule has 0 atom stereocenters. The summed E-state index contributed by atoms with van der Waals surface area (Å²) in [6, 6.07) is 3.48. The fraction of sp³-hybridized carbons (Fsp3) is 0.429. The second-order valence-electron chi connectivity index (χ2n) is 5.02. The molecule has 1 aromatic heterocycles. The second-order valence-corrected chi connectivity index (χ2v) is 6.70. The summed E-state index contributed by atoms with van der Waals surface area (Å²) in [5.74, 6) is 0.261. The summed E-state index contributed by atoms with van der Waals surface area (Å²) in [7, 11) is 0. The molecule has 0 spiro atoms. The Labute approximate surface area is 135 Å². The molecule has 1 saturated heterocycles. The molecule has 1 aromatic carbocycles. The summed E-state index contributed by atoms with van der Waals surface area (Å²) in [5, 5.41) is 4.19. The predicted octanol–water partition coefficient (Wildman–Crippen LogP) is 3.69. The maximum Gasteiger partial charge on any atom is 0.223 e. The Morgan fingerprint density at radius 1 is 1.38 bits per heavy atom. The molecule has 0 aliphatic carbocycles. The molecule has 1 N–H and O–H groups in total. The van der Waals surface area contributed by atoms with Crippen LogP contribution in [-0.4, -0.2) is 39.7 Å². The van der Waals surface area contributed by atoms with Crippen molar-refractivity contribution in [2.24, 2.45) is 0 Å². The van der Waals surface area contributed by atoms with Crippen LogP contribution in [0.3, 0.4) is 0 Å². The number of fused-ring (bicyclic) bond motifs is 1. The van der Waals surface area contributed by atoms with Crippen LogP contribution in [0.2, 0.25) is 0 Å². The first-order valence-electron chi connectivity index (χ1n) is 6.83. The molecule has 3 rings (SSSR count). The molecule has 0 saturated carbocycles.